The third-order valence-corrected chi connectivity index (χ3v) is 6.56. The third kappa shape index (κ3) is 13.6. The van der Waals surface area contributed by atoms with Crippen LogP contribution in [0.4, 0.5) is 4.79 Å². The molecule has 0 aliphatic carbocycles. The summed E-state index contributed by atoms with van der Waals surface area (Å²) in [6.07, 6.45) is -3.27. The Morgan fingerprint density at radius 2 is 1.33 bits per heavy atom. The summed E-state index contributed by atoms with van der Waals surface area (Å²) in [5.41, 5.74) is 11.4. The van der Waals surface area contributed by atoms with Gasteiger partial charge < -0.3 is 52.4 Å². The number of amides is 6. The maximum absolute atomic E-state index is 13.1. The third-order valence-electron chi connectivity index (χ3n) is 6.56. The van der Waals surface area contributed by atoms with Crippen LogP contribution in [0, 0.1) is 0 Å². The van der Waals surface area contributed by atoms with E-state index in [0.29, 0.717) is 17.9 Å². The molecule has 6 amide bonds. The number of nitrogens with two attached hydrogens (primary N) is 2. The summed E-state index contributed by atoms with van der Waals surface area (Å²) in [7, 11) is 0. The van der Waals surface area contributed by atoms with E-state index in [1.54, 1.807) is 45.0 Å². The summed E-state index contributed by atoms with van der Waals surface area (Å²) >= 11 is 0. The Balaban J connectivity index is 2.06. The highest BCUT2D eigenvalue weighted by atomic mass is 16.6. The summed E-state index contributed by atoms with van der Waals surface area (Å²) in [4.78, 5) is 75.1. The second-order valence-electron chi connectivity index (χ2n) is 11.9. The molecular formula is C32H44N6O10. The average molecular weight is 673 g/mol. The molecule has 0 aliphatic rings. The van der Waals surface area contributed by atoms with E-state index in [2.05, 4.69) is 21.3 Å². The second kappa shape index (κ2) is 18.2. The molecule has 0 fully saturated rings. The minimum atomic E-state index is -1.69. The molecule has 2 rings (SSSR count). The van der Waals surface area contributed by atoms with Crippen molar-refractivity contribution in [1.29, 1.82) is 0 Å². The first-order valence-electron chi connectivity index (χ1n) is 15.0. The maximum Gasteiger partial charge on any atom is 0.408 e. The Labute approximate surface area is 277 Å². The Morgan fingerprint density at radius 3 is 1.85 bits per heavy atom. The average Bonchev–Trinajstić information content (AvgIpc) is 3.00. The number of nitrogens with one attached hydrogen (secondary N) is 4. The van der Waals surface area contributed by atoms with E-state index in [-0.39, 0.29) is 6.42 Å². The van der Waals surface area contributed by atoms with Gasteiger partial charge in [0.2, 0.25) is 29.5 Å². The lowest BCUT2D eigenvalue weighted by molar-refractivity contribution is -0.135. The van der Waals surface area contributed by atoms with Crippen molar-refractivity contribution in [2.24, 2.45) is 11.5 Å². The SMILES string of the molecule is C[C@H](O)[C@H](NC(=O)OC(C)(C)C)C(=O)N[C@H](CC(N)=O)C(=O)N[C@H](CO)C(=O)N[C@@H](Cc1ccc(OCc2ccccc2)cc1)C(N)=O. The number of benzene rings is 2. The zero-order valence-corrected chi connectivity index (χ0v) is 27.2. The number of aliphatic hydroxyl groups is 2. The van der Waals surface area contributed by atoms with Crippen LogP contribution in [-0.4, -0.2) is 88.3 Å². The van der Waals surface area contributed by atoms with Crippen molar-refractivity contribution in [1.82, 2.24) is 21.3 Å². The summed E-state index contributed by atoms with van der Waals surface area (Å²) in [6, 6.07) is 10.1. The first-order valence-corrected chi connectivity index (χ1v) is 15.0. The van der Waals surface area contributed by atoms with E-state index in [4.69, 9.17) is 20.9 Å². The predicted molar refractivity (Wildman–Crippen MR) is 172 cm³/mol. The summed E-state index contributed by atoms with van der Waals surface area (Å²) in [5.74, 6) is -4.51. The Hall–Kier alpha value is -5.22. The molecule has 48 heavy (non-hydrogen) atoms. The molecule has 2 aromatic carbocycles. The molecule has 0 heterocycles. The summed E-state index contributed by atoms with van der Waals surface area (Å²) < 4.78 is 10.8. The van der Waals surface area contributed by atoms with E-state index >= 15 is 0 Å². The highest BCUT2D eigenvalue weighted by Gasteiger charge is 2.34. The molecule has 0 spiro atoms. The van der Waals surface area contributed by atoms with E-state index in [1.165, 1.54) is 6.92 Å². The highest BCUT2D eigenvalue weighted by molar-refractivity contribution is 5.97. The quantitative estimate of drug-likeness (QED) is 0.100. The molecule has 0 bridgehead atoms. The second-order valence-corrected chi connectivity index (χ2v) is 11.9. The largest absolute Gasteiger partial charge is 0.489 e. The van der Waals surface area contributed by atoms with Crippen molar-refractivity contribution in [3.63, 3.8) is 0 Å². The van der Waals surface area contributed by atoms with Crippen LogP contribution in [0.1, 0.15) is 45.2 Å². The van der Waals surface area contributed by atoms with E-state index in [9.17, 15) is 39.0 Å². The van der Waals surface area contributed by atoms with Crippen LogP contribution in [0.5, 0.6) is 5.75 Å². The number of hydrogen-bond donors (Lipinski definition) is 8. The minimum absolute atomic E-state index is 0.0299. The Kier molecular flexibility index (Phi) is 14.8. The molecule has 0 aliphatic heterocycles. The van der Waals surface area contributed by atoms with Crippen LogP contribution >= 0.6 is 0 Å². The number of primary amides is 2. The van der Waals surface area contributed by atoms with Crippen molar-refractivity contribution in [3.8, 4) is 5.75 Å². The minimum Gasteiger partial charge on any atom is -0.489 e. The van der Waals surface area contributed by atoms with E-state index < -0.39 is 84.5 Å². The molecule has 5 atom stereocenters. The highest BCUT2D eigenvalue weighted by Crippen LogP contribution is 2.16. The van der Waals surface area contributed by atoms with Gasteiger partial charge in [0.05, 0.1) is 19.1 Å². The molecule has 0 saturated heterocycles. The summed E-state index contributed by atoms with van der Waals surface area (Å²) in [6.45, 7) is 5.35. The lowest BCUT2D eigenvalue weighted by Gasteiger charge is -2.27. The van der Waals surface area contributed by atoms with Gasteiger partial charge in [0.1, 0.15) is 42.1 Å². The van der Waals surface area contributed by atoms with Gasteiger partial charge in [0, 0.05) is 6.42 Å². The Bertz CT molecular complexity index is 1410. The zero-order valence-electron chi connectivity index (χ0n) is 27.2. The van der Waals surface area contributed by atoms with Gasteiger partial charge in [0.15, 0.2) is 0 Å². The van der Waals surface area contributed by atoms with Crippen LogP contribution in [0.2, 0.25) is 0 Å². The smallest absolute Gasteiger partial charge is 0.408 e. The van der Waals surface area contributed by atoms with Crippen molar-refractivity contribution >= 4 is 35.6 Å². The normalized spacial score (nSPS) is 14.2. The fraction of sp³-hybridized carbons (Fsp3) is 0.438. The molecule has 262 valence electrons. The lowest BCUT2D eigenvalue weighted by Crippen LogP contribution is -2.60. The standard InChI is InChI=1S/C32H44N6O10/c1-18(40)26(38-31(46)48-32(2,3)4)30(45)36-23(15-25(33)41)28(43)37-24(16-39)29(44)35-22(27(34)42)14-19-10-12-21(13-11-19)47-17-20-8-6-5-7-9-20/h5-13,18,22-24,26,39-40H,14-17H2,1-4H3,(H2,33,41)(H2,34,42)(H,35,44)(H,36,45)(H,37,43)(H,38,46)/t18-,22-,23+,24+,26-/m0/s1. The number of aliphatic hydroxyl groups excluding tert-OH is 2. The van der Waals surface area contributed by atoms with Crippen molar-refractivity contribution < 1.29 is 48.5 Å². The topological polar surface area (TPSA) is 262 Å². The maximum atomic E-state index is 13.1. The van der Waals surface area contributed by atoms with Gasteiger partial charge in [-0.15, -0.1) is 0 Å². The fourth-order valence-corrected chi connectivity index (χ4v) is 4.17. The molecule has 2 aromatic rings. The monoisotopic (exact) mass is 672 g/mol. The lowest BCUT2D eigenvalue weighted by atomic mass is 10.0. The molecule has 0 unspecified atom stereocenters. The number of carbonyl (C=O) groups is 6. The predicted octanol–water partition coefficient (Wildman–Crippen LogP) is -1.11. The van der Waals surface area contributed by atoms with Crippen LogP contribution in [0.25, 0.3) is 0 Å². The van der Waals surface area contributed by atoms with E-state index in [0.717, 1.165) is 5.56 Å². The van der Waals surface area contributed by atoms with Gasteiger partial charge in [-0.05, 0) is 51.0 Å². The molecular weight excluding hydrogens is 628 g/mol. The molecule has 0 aromatic heterocycles. The number of rotatable bonds is 17. The van der Waals surface area contributed by atoms with Crippen LogP contribution in [0.15, 0.2) is 54.6 Å². The number of hydrogen-bond acceptors (Lipinski definition) is 10. The van der Waals surface area contributed by atoms with Crippen LogP contribution in [-0.2, 0) is 41.7 Å². The van der Waals surface area contributed by atoms with Crippen LogP contribution in [0.3, 0.4) is 0 Å². The number of ether oxygens (including phenoxy) is 2. The number of carbonyl (C=O) groups excluding carboxylic acids is 6. The summed E-state index contributed by atoms with van der Waals surface area (Å²) in [5, 5.41) is 28.9. The van der Waals surface area contributed by atoms with Gasteiger partial charge in [0.25, 0.3) is 0 Å². The molecule has 0 radical (unpaired) electrons. The van der Waals surface area contributed by atoms with Crippen molar-refractivity contribution in [2.75, 3.05) is 6.61 Å². The molecule has 0 saturated carbocycles. The van der Waals surface area contributed by atoms with Crippen molar-refractivity contribution in [2.45, 2.75) is 83.0 Å². The molecule has 10 N–H and O–H groups in total. The molecule has 16 heteroatoms. The van der Waals surface area contributed by atoms with Gasteiger partial charge in [-0.2, -0.15) is 0 Å². The van der Waals surface area contributed by atoms with Gasteiger partial charge in [-0.3, -0.25) is 24.0 Å². The Morgan fingerprint density at radius 1 is 0.771 bits per heavy atom. The van der Waals surface area contributed by atoms with Gasteiger partial charge >= 0.3 is 6.09 Å². The van der Waals surface area contributed by atoms with Crippen LogP contribution < -0.4 is 37.5 Å². The van der Waals surface area contributed by atoms with Crippen molar-refractivity contribution in [3.05, 3.63) is 65.7 Å². The van der Waals surface area contributed by atoms with E-state index in [1.807, 2.05) is 30.3 Å². The van der Waals surface area contributed by atoms with Gasteiger partial charge in [-0.25, -0.2) is 4.79 Å². The number of alkyl carbamates (subject to hydrolysis) is 1. The first kappa shape index (κ1) is 39.0. The zero-order chi connectivity index (χ0) is 36.0. The first-order chi connectivity index (χ1) is 22.5. The van der Waals surface area contributed by atoms with Gasteiger partial charge in [-0.1, -0.05) is 42.5 Å². The fourth-order valence-electron chi connectivity index (χ4n) is 4.17. The molecule has 16 nitrogen and oxygen atoms in total.